The van der Waals surface area contributed by atoms with Gasteiger partial charge in [0.25, 0.3) is 5.91 Å². The molecule has 0 aliphatic carbocycles. The normalized spacial score (nSPS) is 12.5. The molecule has 0 heterocycles. The Morgan fingerprint density at radius 3 is 2.32 bits per heavy atom. The number of halogens is 3. The molecule has 2 aromatic carbocycles. The van der Waals surface area contributed by atoms with Crippen LogP contribution in [-0.4, -0.2) is 20.4 Å². The van der Waals surface area contributed by atoms with Crippen LogP contribution in [0.5, 0.6) is 0 Å². The first-order valence-electron chi connectivity index (χ1n) is 8.02. The minimum atomic E-state index is -3.99. The molecule has 0 saturated heterocycles. The third-order valence-electron chi connectivity index (χ3n) is 3.56. The van der Waals surface area contributed by atoms with Crippen LogP contribution in [0.2, 0.25) is 0 Å². The predicted octanol–water partition coefficient (Wildman–Crippen LogP) is 2.79. The highest BCUT2D eigenvalue weighted by atomic mass is 32.2. The van der Waals surface area contributed by atoms with Crippen molar-refractivity contribution in [3.8, 4) is 6.07 Å². The Kier molecular flexibility index (Phi) is 6.43. The van der Waals surface area contributed by atoms with Crippen molar-refractivity contribution in [2.45, 2.75) is 30.8 Å². The minimum Gasteiger partial charge on any atom is -0.332 e. The number of amides is 1. The first-order chi connectivity index (χ1) is 13.0. The second-order valence-corrected chi connectivity index (χ2v) is 7.83. The molecule has 1 unspecified atom stereocenters. The molecule has 0 radical (unpaired) electrons. The maximum absolute atomic E-state index is 14.1. The van der Waals surface area contributed by atoms with Crippen molar-refractivity contribution in [3.05, 3.63) is 65.0 Å². The van der Waals surface area contributed by atoms with E-state index in [4.69, 9.17) is 0 Å². The quantitative estimate of drug-likeness (QED) is 0.764. The third-order valence-corrected chi connectivity index (χ3v) is 5.22. The first-order valence-corrected chi connectivity index (χ1v) is 9.50. The summed E-state index contributed by atoms with van der Waals surface area (Å²) in [6, 6.07) is 4.66. The molecule has 10 heteroatoms. The molecule has 1 amide bonds. The van der Waals surface area contributed by atoms with Crippen molar-refractivity contribution in [2.75, 3.05) is 0 Å². The highest BCUT2D eigenvalue weighted by Crippen LogP contribution is 2.20. The lowest BCUT2D eigenvalue weighted by Crippen LogP contribution is -2.31. The molecule has 0 saturated carbocycles. The highest BCUT2D eigenvalue weighted by molar-refractivity contribution is 7.89. The molecule has 0 spiro atoms. The lowest BCUT2D eigenvalue weighted by Gasteiger charge is -2.14. The Morgan fingerprint density at radius 1 is 1.07 bits per heavy atom. The van der Waals surface area contributed by atoms with Gasteiger partial charge in [-0.15, -0.1) is 0 Å². The number of nitrogens with one attached hydrogen (secondary N) is 2. The van der Waals surface area contributed by atoms with Crippen LogP contribution in [-0.2, 0) is 10.0 Å². The van der Waals surface area contributed by atoms with Crippen LogP contribution < -0.4 is 10.0 Å². The Hall–Kier alpha value is -2.90. The summed E-state index contributed by atoms with van der Waals surface area (Å²) in [4.78, 5) is 12.0. The summed E-state index contributed by atoms with van der Waals surface area (Å²) < 4.78 is 67.7. The Labute approximate surface area is 160 Å². The highest BCUT2D eigenvalue weighted by Gasteiger charge is 2.23. The van der Waals surface area contributed by atoms with Crippen molar-refractivity contribution in [2.24, 2.45) is 0 Å². The summed E-state index contributed by atoms with van der Waals surface area (Å²) in [6.45, 7) is 3.17. The van der Waals surface area contributed by atoms with E-state index in [9.17, 15) is 31.6 Å². The van der Waals surface area contributed by atoms with Gasteiger partial charge in [-0.25, -0.2) is 26.3 Å². The van der Waals surface area contributed by atoms with Gasteiger partial charge in [0.2, 0.25) is 10.0 Å². The minimum absolute atomic E-state index is 0.317. The lowest BCUT2D eigenvalue weighted by atomic mass is 10.1. The molecule has 0 bridgehead atoms. The number of carbonyl (C=O) groups excluding carboxylic acids is 1. The van der Waals surface area contributed by atoms with E-state index in [1.165, 1.54) is 0 Å². The molecule has 28 heavy (non-hydrogen) atoms. The summed E-state index contributed by atoms with van der Waals surface area (Å²) in [5.41, 5.74) is -0.961. The zero-order valence-corrected chi connectivity index (χ0v) is 15.6. The SMILES string of the molecule is CC(C)NS(=O)(=O)c1ccc(F)c(C(=O)NC(C#N)c2ccc(F)cc2F)c1. The van der Waals surface area contributed by atoms with E-state index < -0.39 is 51.0 Å². The fourth-order valence-electron chi connectivity index (χ4n) is 2.35. The van der Waals surface area contributed by atoms with E-state index >= 15 is 0 Å². The number of benzene rings is 2. The molecular formula is C18H16F3N3O3S. The van der Waals surface area contributed by atoms with Crippen LogP contribution in [0.4, 0.5) is 13.2 Å². The summed E-state index contributed by atoms with van der Waals surface area (Å²) in [5.74, 6) is -4.10. The van der Waals surface area contributed by atoms with Crippen LogP contribution in [0.3, 0.4) is 0 Å². The Bertz CT molecular complexity index is 1050. The largest absolute Gasteiger partial charge is 0.332 e. The maximum Gasteiger partial charge on any atom is 0.255 e. The van der Waals surface area contributed by atoms with Gasteiger partial charge in [0, 0.05) is 17.7 Å². The van der Waals surface area contributed by atoms with E-state index in [1.54, 1.807) is 19.9 Å². The van der Waals surface area contributed by atoms with Crippen molar-refractivity contribution >= 4 is 15.9 Å². The summed E-state index contributed by atoms with van der Waals surface area (Å²) >= 11 is 0. The number of sulfonamides is 1. The number of hydrogen-bond donors (Lipinski definition) is 2. The number of rotatable bonds is 6. The van der Waals surface area contributed by atoms with E-state index in [0.717, 1.165) is 30.3 Å². The molecule has 0 fully saturated rings. The predicted molar refractivity (Wildman–Crippen MR) is 94.0 cm³/mol. The Morgan fingerprint density at radius 2 is 1.75 bits per heavy atom. The summed E-state index contributed by atoms with van der Waals surface area (Å²) in [5, 5.41) is 11.3. The fraction of sp³-hybridized carbons (Fsp3) is 0.222. The van der Waals surface area contributed by atoms with E-state index in [0.29, 0.717) is 6.07 Å². The number of nitriles is 1. The van der Waals surface area contributed by atoms with Gasteiger partial charge >= 0.3 is 0 Å². The molecule has 0 aliphatic rings. The van der Waals surface area contributed by atoms with Gasteiger partial charge in [-0.3, -0.25) is 4.79 Å². The second kappa shape index (κ2) is 8.41. The molecule has 6 nitrogen and oxygen atoms in total. The number of hydrogen-bond acceptors (Lipinski definition) is 4. The van der Waals surface area contributed by atoms with Crippen molar-refractivity contribution in [1.82, 2.24) is 10.0 Å². The molecule has 2 N–H and O–H groups in total. The monoisotopic (exact) mass is 411 g/mol. The van der Waals surface area contributed by atoms with Gasteiger partial charge in [-0.2, -0.15) is 5.26 Å². The van der Waals surface area contributed by atoms with Gasteiger partial charge in [0.05, 0.1) is 16.5 Å². The molecular weight excluding hydrogens is 395 g/mol. The molecule has 2 rings (SSSR count). The van der Waals surface area contributed by atoms with Gasteiger partial charge < -0.3 is 5.32 Å². The van der Waals surface area contributed by atoms with Crippen LogP contribution in [0.1, 0.15) is 35.8 Å². The zero-order valence-electron chi connectivity index (χ0n) is 14.8. The van der Waals surface area contributed by atoms with Crippen molar-refractivity contribution < 1.29 is 26.4 Å². The fourth-order valence-corrected chi connectivity index (χ4v) is 3.62. The van der Waals surface area contributed by atoms with Crippen LogP contribution in [0.15, 0.2) is 41.3 Å². The molecule has 148 valence electrons. The Balaban J connectivity index is 2.35. The van der Waals surface area contributed by atoms with Gasteiger partial charge in [0.1, 0.15) is 23.5 Å². The van der Waals surface area contributed by atoms with Gasteiger partial charge in [0.15, 0.2) is 0 Å². The average molecular weight is 411 g/mol. The molecule has 0 aliphatic heterocycles. The van der Waals surface area contributed by atoms with Gasteiger partial charge in [-0.05, 0) is 38.1 Å². The first kappa shape index (κ1) is 21.4. The average Bonchev–Trinajstić information content (AvgIpc) is 2.59. The lowest BCUT2D eigenvalue weighted by molar-refractivity contribution is 0.0940. The van der Waals surface area contributed by atoms with Crippen LogP contribution >= 0.6 is 0 Å². The summed E-state index contributed by atoms with van der Waals surface area (Å²) in [7, 11) is -3.99. The van der Waals surface area contributed by atoms with Crippen molar-refractivity contribution in [1.29, 1.82) is 5.26 Å². The standard InChI is InChI=1S/C18H16F3N3O3S/c1-10(2)24-28(26,27)12-4-6-15(20)14(8-12)18(25)23-17(9-22)13-5-3-11(19)7-16(13)21/h3-8,10,17,24H,1-2H3,(H,23,25). The second-order valence-electron chi connectivity index (χ2n) is 6.12. The summed E-state index contributed by atoms with van der Waals surface area (Å²) in [6.07, 6.45) is 0. The van der Waals surface area contributed by atoms with E-state index in [2.05, 4.69) is 10.0 Å². The van der Waals surface area contributed by atoms with Crippen LogP contribution in [0, 0.1) is 28.8 Å². The molecule has 0 aromatic heterocycles. The molecule has 1 atom stereocenters. The third kappa shape index (κ3) is 4.88. The number of nitrogens with zero attached hydrogens (tertiary/aromatic N) is 1. The van der Waals surface area contributed by atoms with E-state index in [-0.39, 0.29) is 10.5 Å². The molecule has 2 aromatic rings. The smallest absolute Gasteiger partial charge is 0.255 e. The topological polar surface area (TPSA) is 99.1 Å². The maximum atomic E-state index is 14.1. The van der Waals surface area contributed by atoms with Gasteiger partial charge in [-0.1, -0.05) is 6.07 Å². The van der Waals surface area contributed by atoms with E-state index in [1.807, 2.05) is 0 Å². The number of carbonyl (C=O) groups is 1. The van der Waals surface area contributed by atoms with Crippen LogP contribution in [0.25, 0.3) is 0 Å². The zero-order chi connectivity index (χ0) is 21.1. The van der Waals surface area contributed by atoms with Crippen molar-refractivity contribution in [3.63, 3.8) is 0 Å².